The van der Waals surface area contributed by atoms with Crippen LogP contribution in [0.5, 0.6) is 0 Å². The Balaban J connectivity index is 1.21. The SMILES string of the molecule is CCC1CC(C2CCC(C3CCC(C4CCC([Si](C)(C)C)CC4)CC3)CC2)CC(CC)C1COC(=O)C(C)=C(C)C. The summed E-state index contributed by atoms with van der Waals surface area (Å²) in [5.74, 6) is 7.91. The number of ether oxygens (including phenoxy) is 1. The molecule has 0 aromatic carbocycles. The maximum Gasteiger partial charge on any atom is 0.333 e. The van der Waals surface area contributed by atoms with Crippen molar-refractivity contribution in [3.63, 3.8) is 0 Å². The molecule has 2 unspecified atom stereocenters. The van der Waals surface area contributed by atoms with Crippen LogP contribution in [0.4, 0.5) is 0 Å². The number of allylic oxidation sites excluding steroid dienone is 1. The molecule has 0 bridgehead atoms. The summed E-state index contributed by atoms with van der Waals surface area (Å²) in [4.78, 5) is 12.6. The first-order valence-corrected chi connectivity index (χ1v) is 21.9. The van der Waals surface area contributed by atoms with Gasteiger partial charge in [0.25, 0.3) is 0 Å². The molecule has 4 rings (SSSR count). The third kappa shape index (κ3) is 8.54. The zero-order valence-electron chi connectivity index (χ0n) is 28.6. The summed E-state index contributed by atoms with van der Waals surface area (Å²) in [6.07, 6.45) is 23.6. The lowest BCUT2D eigenvalue weighted by Gasteiger charge is -2.46. The minimum absolute atomic E-state index is 0.0985. The van der Waals surface area contributed by atoms with E-state index in [0.717, 1.165) is 52.2 Å². The monoisotopic (exact) mass is 584 g/mol. The Labute approximate surface area is 256 Å². The Morgan fingerprint density at radius 1 is 0.610 bits per heavy atom. The summed E-state index contributed by atoms with van der Waals surface area (Å²) < 4.78 is 5.90. The standard InChI is InChI=1S/C38H68O2Si/c1-9-28-23-35(24-29(10-2)37(28)25-40-38(39)27(5)26(3)4)34-17-15-31(16-18-34)30-11-13-32(14-12-30)33-19-21-36(22-20-33)41(6,7)8/h28-37H,9-25H2,1-8H3. The van der Waals surface area contributed by atoms with E-state index in [1.807, 2.05) is 20.8 Å². The lowest BCUT2D eigenvalue weighted by molar-refractivity contribution is -0.142. The highest BCUT2D eigenvalue weighted by molar-refractivity contribution is 6.77. The first kappa shape index (κ1) is 33.3. The second-order valence-electron chi connectivity index (χ2n) is 16.8. The predicted molar refractivity (Wildman–Crippen MR) is 179 cm³/mol. The van der Waals surface area contributed by atoms with Crippen molar-refractivity contribution in [1.82, 2.24) is 0 Å². The van der Waals surface area contributed by atoms with Gasteiger partial charge in [0.2, 0.25) is 0 Å². The van der Waals surface area contributed by atoms with Crippen molar-refractivity contribution in [2.45, 2.75) is 163 Å². The zero-order chi connectivity index (χ0) is 29.7. The van der Waals surface area contributed by atoms with Gasteiger partial charge in [0.1, 0.15) is 0 Å². The molecule has 2 nitrogen and oxygen atoms in total. The van der Waals surface area contributed by atoms with Gasteiger partial charge in [-0.15, -0.1) is 0 Å². The summed E-state index contributed by atoms with van der Waals surface area (Å²) in [5, 5.41) is 0. The fraction of sp³-hybridized carbons (Fsp3) is 0.921. The Hall–Kier alpha value is -0.573. The highest BCUT2D eigenvalue weighted by Gasteiger charge is 2.42. The first-order chi connectivity index (χ1) is 19.5. The Morgan fingerprint density at radius 3 is 1.32 bits per heavy atom. The van der Waals surface area contributed by atoms with E-state index >= 15 is 0 Å². The average molecular weight is 585 g/mol. The van der Waals surface area contributed by atoms with E-state index in [0.29, 0.717) is 24.4 Å². The molecule has 3 heteroatoms. The van der Waals surface area contributed by atoms with E-state index in [-0.39, 0.29) is 5.97 Å². The zero-order valence-corrected chi connectivity index (χ0v) is 29.6. The van der Waals surface area contributed by atoms with E-state index in [1.54, 1.807) is 51.4 Å². The van der Waals surface area contributed by atoms with Crippen LogP contribution in [0.25, 0.3) is 0 Å². The molecule has 0 aromatic rings. The van der Waals surface area contributed by atoms with Crippen LogP contribution >= 0.6 is 0 Å². The number of carbonyl (C=O) groups is 1. The molecule has 4 aliphatic rings. The van der Waals surface area contributed by atoms with Crippen molar-refractivity contribution in [2.24, 2.45) is 53.3 Å². The maximum atomic E-state index is 12.6. The minimum Gasteiger partial charge on any atom is -0.462 e. The quantitative estimate of drug-likeness (QED) is 0.153. The lowest BCUT2D eigenvalue weighted by atomic mass is 9.59. The molecule has 4 aliphatic carbocycles. The molecule has 0 heterocycles. The molecule has 0 aromatic heterocycles. The van der Waals surface area contributed by atoms with E-state index in [9.17, 15) is 4.79 Å². The fourth-order valence-electron chi connectivity index (χ4n) is 10.3. The van der Waals surface area contributed by atoms with E-state index < -0.39 is 8.07 Å². The van der Waals surface area contributed by atoms with Crippen LogP contribution in [0.1, 0.15) is 137 Å². The van der Waals surface area contributed by atoms with E-state index in [1.165, 1.54) is 51.4 Å². The molecule has 0 spiro atoms. The van der Waals surface area contributed by atoms with Gasteiger partial charge in [-0.1, -0.05) is 77.6 Å². The van der Waals surface area contributed by atoms with Crippen molar-refractivity contribution in [2.75, 3.05) is 6.61 Å². The van der Waals surface area contributed by atoms with Crippen molar-refractivity contribution in [3.05, 3.63) is 11.1 Å². The topological polar surface area (TPSA) is 26.3 Å². The molecule has 0 amide bonds. The minimum atomic E-state index is -0.938. The molecule has 0 aliphatic heterocycles. The van der Waals surface area contributed by atoms with Crippen LogP contribution in [0.15, 0.2) is 11.1 Å². The van der Waals surface area contributed by atoms with Gasteiger partial charge in [0, 0.05) is 13.6 Å². The molecule has 4 fully saturated rings. The van der Waals surface area contributed by atoms with Crippen LogP contribution in [0.3, 0.4) is 0 Å². The van der Waals surface area contributed by atoms with Crippen molar-refractivity contribution < 1.29 is 9.53 Å². The molecule has 0 N–H and O–H groups in total. The smallest absolute Gasteiger partial charge is 0.333 e. The van der Waals surface area contributed by atoms with Gasteiger partial charge < -0.3 is 4.74 Å². The number of carbonyl (C=O) groups excluding carboxylic acids is 1. The summed E-state index contributed by atoms with van der Waals surface area (Å²) in [6, 6.07) is 0. The largest absolute Gasteiger partial charge is 0.462 e. The second kappa shape index (κ2) is 14.9. The van der Waals surface area contributed by atoms with Crippen molar-refractivity contribution in [1.29, 1.82) is 0 Å². The Morgan fingerprint density at radius 2 is 0.976 bits per heavy atom. The average Bonchev–Trinajstić information content (AvgIpc) is 2.98. The van der Waals surface area contributed by atoms with E-state index in [4.69, 9.17) is 4.74 Å². The van der Waals surface area contributed by atoms with Crippen molar-refractivity contribution >= 4 is 14.0 Å². The normalized spacial score (nSPS) is 38.7. The Kier molecular flexibility index (Phi) is 12.1. The fourth-order valence-corrected chi connectivity index (χ4v) is 12.4. The maximum absolute atomic E-state index is 12.6. The van der Waals surface area contributed by atoms with Gasteiger partial charge in [-0.3, -0.25) is 0 Å². The van der Waals surface area contributed by atoms with Gasteiger partial charge in [-0.05, 0) is 144 Å². The number of rotatable bonds is 9. The summed E-state index contributed by atoms with van der Waals surface area (Å²) in [7, 11) is -0.938. The van der Waals surface area contributed by atoms with Crippen LogP contribution in [-0.4, -0.2) is 20.7 Å². The first-order valence-electron chi connectivity index (χ1n) is 18.3. The van der Waals surface area contributed by atoms with Gasteiger partial charge in [0.05, 0.1) is 6.61 Å². The van der Waals surface area contributed by atoms with Gasteiger partial charge in [0.15, 0.2) is 0 Å². The highest BCUT2D eigenvalue weighted by atomic mass is 28.3. The summed E-state index contributed by atoms with van der Waals surface area (Å²) in [5.41, 5.74) is 2.95. The molecule has 0 saturated heterocycles. The highest BCUT2D eigenvalue weighted by Crippen LogP contribution is 2.51. The van der Waals surface area contributed by atoms with E-state index in [2.05, 4.69) is 33.5 Å². The van der Waals surface area contributed by atoms with Crippen LogP contribution < -0.4 is 0 Å². The van der Waals surface area contributed by atoms with Gasteiger partial charge in [-0.2, -0.15) is 0 Å². The van der Waals surface area contributed by atoms with Gasteiger partial charge >= 0.3 is 5.97 Å². The number of esters is 1. The molecular formula is C38H68O2Si. The third-order valence-corrected chi connectivity index (χ3v) is 16.6. The number of hydrogen-bond donors (Lipinski definition) is 0. The van der Waals surface area contributed by atoms with Gasteiger partial charge in [-0.25, -0.2) is 4.79 Å². The molecule has 41 heavy (non-hydrogen) atoms. The van der Waals surface area contributed by atoms with Crippen LogP contribution in [0, 0.1) is 53.3 Å². The molecule has 4 saturated carbocycles. The van der Waals surface area contributed by atoms with Crippen LogP contribution in [0.2, 0.25) is 25.2 Å². The molecular weight excluding hydrogens is 517 g/mol. The summed E-state index contributed by atoms with van der Waals surface area (Å²) >= 11 is 0. The summed E-state index contributed by atoms with van der Waals surface area (Å²) in [6.45, 7) is 19.1. The lowest BCUT2D eigenvalue weighted by Crippen LogP contribution is -2.39. The number of hydrogen-bond acceptors (Lipinski definition) is 2. The molecule has 2 atom stereocenters. The second-order valence-corrected chi connectivity index (χ2v) is 22.3. The molecule has 236 valence electrons. The van der Waals surface area contributed by atoms with Crippen molar-refractivity contribution in [3.8, 4) is 0 Å². The predicted octanol–water partition coefficient (Wildman–Crippen LogP) is 11.5. The third-order valence-electron chi connectivity index (χ3n) is 13.6. The Bertz CT molecular complexity index is 828. The van der Waals surface area contributed by atoms with Crippen LogP contribution in [-0.2, 0) is 9.53 Å². The molecule has 0 radical (unpaired) electrons.